The minimum atomic E-state index is -0.208. The summed E-state index contributed by atoms with van der Waals surface area (Å²) in [5.41, 5.74) is 1.39. The number of nitriles is 1. The zero-order chi connectivity index (χ0) is 16.2. The van der Waals surface area contributed by atoms with Crippen LogP contribution in [0.4, 0.5) is 0 Å². The summed E-state index contributed by atoms with van der Waals surface area (Å²) < 4.78 is 7.73. The van der Waals surface area contributed by atoms with Gasteiger partial charge in [-0.1, -0.05) is 0 Å². The molecule has 2 aromatic heterocycles. The summed E-state index contributed by atoms with van der Waals surface area (Å²) in [4.78, 5) is 12.9. The molecule has 7 heteroatoms. The maximum atomic E-state index is 12.5. The zero-order valence-corrected chi connectivity index (χ0v) is 13.7. The third kappa shape index (κ3) is 3.28. The molecule has 6 nitrogen and oxygen atoms in total. The molecule has 120 valence electrons. The number of carbonyl (C=O) groups is 1. The van der Waals surface area contributed by atoms with E-state index in [0.29, 0.717) is 17.0 Å². The molecule has 1 amide bonds. The Kier molecular flexibility index (Phi) is 4.74. The molecule has 23 heavy (non-hydrogen) atoms. The van der Waals surface area contributed by atoms with E-state index in [-0.39, 0.29) is 18.1 Å². The first-order valence-electron chi connectivity index (χ1n) is 7.65. The van der Waals surface area contributed by atoms with Crippen LogP contribution in [0, 0.1) is 11.3 Å². The standard InChI is InChI=1S/C16H18N4O2S/c1-2-20-10-12(9-18-20)14-13(4-3-6-22-14)19-16(21)15-11(8-17)5-7-23-15/h5,7,9-10,13-14H,2-4,6H2,1H3,(H,19,21)/t13-,14+/m0/s1. The van der Waals surface area contributed by atoms with Crippen LogP contribution in [0.5, 0.6) is 0 Å². The number of hydrogen-bond donors (Lipinski definition) is 1. The second-order valence-corrected chi connectivity index (χ2v) is 6.33. The van der Waals surface area contributed by atoms with E-state index in [0.717, 1.165) is 24.9 Å². The number of amides is 1. The summed E-state index contributed by atoms with van der Waals surface area (Å²) in [6, 6.07) is 3.61. The first kappa shape index (κ1) is 15.7. The average Bonchev–Trinajstić information content (AvgIpc) is 3.24. The Bertz CT molecular complexity index is 731. The van der Waals surface area contributed by atoms with Crippen molar-refractivity contribution < 1.29 is 9.53 Å². The number of aromatic nitrogens is 2. The number of nitrogens with one attached hydrogen (secondary N) is 1. The maximum absolute atomic E-state index is 12.5. The molecular weight excluding hydrogens is 312 g/mol. The lowest BCUT2D eigenvalue weighted by Gasteiger charge is -2.31. The van der Waals surface area contributed by atoms with Crippen LogP contribution < -0.4 is 5.32 Å². The van der Waals surface area contributed by atoms with Gasteiger partial charge in [-0.15, -0.1) is 11.3 Å². The van der Waals surface area contributed by atoms with E-state index in [2.05, 4.69) is 16.5 Å². The van der Waals surface area contributed by atoms with Crippen LogP contribution in [0.3, 0.4) is 0 Å². The van der Waals surface area contributed by atoms with Crippen molar-refractivity contribution in [1.82, 2.24) is 15.1 Å². The Balaban J connectivity index is 1.76. The van der Waals surface area contributed by atoms with Gasteiger partial charge in [-0.25, -0.2) is 0 Å². The molecule has 0 aliphatic carbocycles. The van der Waals surface area contributed by atoms with Gasteiger partial charge in [0.25, 0.3) is 5.91 Å². The zero-order valence-electron chi connectivity index (χ0n) is 12.9. The molecule has 0 saturated carbocycles. The maximum Gasteiger partial charge on any atom is 0.263 e. The van der Waals surface area contributed by atoms with Gasteiger partial charge in [-0.05, 0) is 31.2 Å². The van der Waals surface area contributed by atoms with Crippen LogP contribution in [0.2, 0.25) is 0 Å². The summed E-state index contributed by atoms with van der Waals surface area (Å²) in [5, 5.41) is 18.1. The van der Waals surface area contributed by atoms with Crippen LogP contribution in [0.15, 0.2) is 23.8 Å². The second-order valence-electron chi connectivity index (χ2n) is 5.42. The summed E-state index contributed by atoms with van der Waals surface area (Å²) in [6.07, 6.45) is 5.31. The van der Waals surface area contributed by atoms with E-state index in [1.165, 1.54) is 11.3 Å². The number of aryl methyl sites for hydroxylation is 1. The van der Waals surface area contributed by atoms with E-state index in [1.54, 1.807) is 17.6 Å². The monoisotopic (exact) mass is 330 g/mol. The largest absolute Gasteiger partial charge is 0.371 e. The van der Waals surface area contributed by atoms with Crippen LogP contribution in [-0.4, -0.2) is 28.3 Å². The van der Waals surface area contributed by atoms with E-state index in [9.17, 15) is 4.79 Å². The number of thiophene rings is 1. The van der Waals surface area contributed by atoms with Crippen LogP contribution in [-0.2, 0) is 11.3 Å². The highest BCUT2D eigenvalue weighted by molar-refractivity contribution is 7.12. The minimum absolute atomic E-state index is 0.112. The van der Waals surface area contributed by atoms with Crippen molar-refractivity contribution >= 4 is 17.2 Å². The second kappa shape index (κ2) is 6.94. The Morgan fingerprint density at radius 1 is 1.65 bits per heavy atom. The number of nitrogens with zero attached hydrogens (tertiary/aromatic N) is 3. The molecule has 2 atom stereocenters. The van der Waals surface area contributed by atoms with E-state index in [1.807, 2.05) is 17.8 Å². The van der Waals surface area contributed by atoms with Crippen molar-refractivity contribution in [3.05, 3.63) is 39.8 Å². The molecule has 3 heterocycles. The first-order chi connectivity index (χ1) is 11.2. The van der Waals surface area contributed by atoms with Crippen molar-refractivity contribution in [2.45, 2.75) is 38.5 Å². The van der Waals surface area contributed by atoms with Gasteiger partial charge in [0.1, 0.15) is 17.1 Å². The molecule has 1 N–H and O–H groups in total. The summed E-state index contributed by atoms with van der Waals surface area (Å²) in [7, 11) is 0. The number of rotatable bonds is 4. The minimum Gasteiger partial charge on any atom is -0.371 e. The van der Waals surface area contributed by atoms with Crippen LogP contribution in [0.25, 0.3) is 0 Å². The molecule has 0 radical (unpaired) electrons. The fraction of sp³-hybridized carbons (Fsp3) is 0.438. The van der Waals surface area contributed by atoms with Crippen molar-refractivity contribution in [3.8, 4) is 6.07 Å². The average molecular weight is 330 g/mol. The number of carbonyl (C=O) groups excluding carboxylic acids is 1. The summed E-state index contributed by atoms with van der Waals surface area (Å²) in [5.74, 6) is -0.208. The molecule has 0 bridgehead atoms. The van der Waals surface area contributed by atoms with Crippen LogP contribution >= 0.6 is 11.3 Å². The lowest BCUT2D eigenvalue weighted by atomic mass is 9.98. The summed E-state index contributed by atoms with van der Waals surface area (Å²) >= 11 is 1.28. The van der Waals surface area contributed by atoms with Gasteiger partial charge in [0, 0.05) is 24.9 Å². The lowest BCUT2D eigenvalue weighted by molar-refractivity contribution is -0.00946. The predicted octanol–water partition coefficient (Wildman–Crippen LogP) is 2.49. The van der Waals surface area contributed by atoms with E-state index >= 15 is 0 Å². The lowest BCUT2D eigenvalue weighted by Crippen LogP contribution is -2.42. The Morgan fingerprint density at radius 2 is 2.52 bits per heavy atom. The highest BCUT2D eigenvalue weighted by Gasteiger charge is 2.30. The molecule has 0 aromatic carbocycles. The fourth-order valence-electron chi connectivity index (χ4n) is 2.76. The highest BCUT2D eigenvalue weighted by Crippen LogP contribution is 2.29. The molecule has 1 saturated heterocycles. The van der Waals surface area contributed by atoms with Crippen molar-refractivity contribution in [3.63, 3.8) is 0 Å². The summed E-state index contributed by atoms with van der Waals surface area (Å²) in [6.45, 7) is 3.50. The van der Waals surface area contributed by atoms with Gasteiger partial charge < -0.3 is 10.1 Å². The first-order valence-corrected chi connectivity index (χ1v) is 8.53. The molecule has 1 aliphatic heterocycles. The SMILES string of the molecule is CCn1cc([C@H]2OCCC[C@@H]2NC(=O)c2sccc2C#N)cn1. The normalized spacial score (nSPS) is 20.9. The van der Waals surface area contributed by atoms with Crippen molar-refractivity contribution in [2.24, 2.45) is 0 Å². The van der Waals surface area contributed by atoms with Crippen molar-refractivity contribution in [2.75, 3.05) is 6.61 Å². The van der Waals surface area contributed by atoms with Gasteiger partial charge >= 0.3 is 0 Å². The highest BCUT2D eigenvalue weighted by atomic mass is 32.1. The molecule has 2 aromatic rings. The number of hydrogen-bond acceptors (Lipinski definition) is 5. The predicted molar refractivity (Wildman–Crippen MR) is 86.1 cm³/mol. The van der Waals surface area contributed by atoms with Gasteiger partial charge in [0.2, 0.25) is 0 Å². The quantitative estimate of drug-likeness (QED) is 0.934. The Hall–Kier alpha value is -2.17. The van der Waals surface area contributed by atoms with E-state index < -0.39 is 0 Å². The Labute approximate surface area is 138 Å². The molecule has 0 spiro atoms. The van der Waals surface area contributed by atoms with Crippen molar-refractivity contribution in [1.29, 1.82) is 5.26 Å². The Morgan fingerprint density at radius 3 is 3.26 bits per heavy atom. The third-order valence-corrected chi connectivity index (χ3v) is 4.85. The molecule has 0 unspecified atom stereocenters. The smallest absolute Gasteiger partial charge is 0.263 e. The van der Waals surface area contributed by atoms with E-state index in [4.69, 9.17) is 10.00 Å². The molecule has 1 aliphatic rings. The molecule has 1 fully saturated rings. The fourth-order valence-corrected chi connectivity index (χ4v) is 3.51. The van der Waals surface area contributed by atoms with Crippen LogP contribution in [0.1, 0.15) is 46.7 Å². The van der Waals surface area contributed by atoms with Gasteiger partial charge in [0.05, 0.1) is 17.8 Å². The topological polar surface area (TPSA) is 79.9 Å². The number of ether oxygens (including phenoxy) is 1. The molecular formula is C16H18N4O2S. The third-order valence-electron chi connectivity index (χ3n) is 3.94. The van der Waals surface area contributed by atoms with Gasteiger partial charge in [0.15, 0.2) is 0 Å². The van der Waals surface area contributed by atoms with Gasteiger partial charge in [-0.3, -0.25) is 9.48 Å². The molecule has 3 rings (SSSR count). The van der Waals surface area contributed by atoms with Gasteiger partial charge in [-0.2, -0.15) is 10.4 Å².